The van der Waals surface area contributed by atoms with Crippen LogP contribution in [0.4, 0.5) is 20.2 Å². The summed E-state index contributed by atoms with van der Waals surface area (Å²) in [5.74, 6) is -1.97. The summed E-state index contributed by atoms with van der Waals surface area (Å²) in [6.45, 7) is 0. The fourth-order valence-corrected chi connectivity index (χ4v) is 2.61. The van der Waals surface area contributed by atoms with Gasteiger partial charge in [-0.05, 0) is 32.7 Å². The summed E-state index contributed by atoms with van der Waals surface area (Å²) in [6, 6.07) is 1.94. The number of nitro benzene ring substituents is 1. The zero-order valence-electron chi connectivity index (χ0n) is 11.2. The lowest BCUT2D eigenvalue weighted by atomic mass is 9.91. The first-order chi connectivity index (χ1) is 9.51. The lowest BCUT2D eigenvalue weighted by molar-refractivity contribution is -0.386. The number of nitro groups is 1. The van der Waals surface area contributed by atoms with Crippen LogP contribution in [0.3, 0.4) is 0 Å². The second-order valence-electron chi connectivity index (χ2n) is 5.02. The molecular formula is C13H17F2N3O2. The molecule has 0 spiro atoms. The van der Waals surface area contributed by atoms with Gasteiger partial charge in [0.25, 0.3) is 0 Å². The van der Waals surface area contributed by atoms with Crippen LogP contribution in [0.1, 0.15) is 25.7 Å². The highest BCUT2D eigenvalue weighted by molar-refractivity contribution is 5.62. The summed E-state index contributed by atoms with van der Waals surface area (Å²) in [6.07, 6.45) is 3.47. The highest BCUT2D eigenvalue weighted by Crippen LogP contribution is 2.31. The summed E-state index contributed by atoms with van der Waals surface area (Å²) in [5.41, 5.74) is -0.775. The van der Waals surface area contributed by atoms with E-state index in [9.17, 15) is 18.9 Å². The normalized spacial score (nSPS) is 22.6. The van der Waals surface area contributed by atoms with Crippen LogP contribution in [-0.2, 0) is 0 Å². The average Bonchev–Trinajstić information content (AvgIpc) is 2.38. The molecule has 7 heteroatoms. The second-order valence-corrected chi connectivity index (χ2v) is 5.02. The second kappa shape index (κ2) is 6.13. The zero-order valence-corrected chi connectivity index (χ0v) is 11.2. The molecule has 0 atom stereocenters. The fourth-order valence-electron chi connectivity index (χ4n) is 2.61. The molecule has 0 aromatic heterocycles. The first-order valence-electron chi connectivity index (χ1n) is 6.58. The monoisotopic (exact) mass is 285 g/mol. The van der Waals surface area contributed by atoms with E-state index < -0.39 is 22.2 Å². The van der Waals surface area contributed by atoms with E-state index in [0.29, 0.717) is 12.1 Å². The van der Waals surface area contributed by atoms with Crippen molar-refractivity contribution in [3.63, 3.8) is 0 Å². The van der Waals surface area contributed by atoms with Gasteiger partial charge in [-0.2, -0.15) is 4.39 Å². The van der Waals surface area contributed by atoms with E-state index in [0.717, 1.165) is 31.7 Å². The Hall–Kier alpha value is -1.76. The van der Waals surface area contributed by atoms with Crippen LogP contribution >= 0.6 is 0 Å². The predicted molar refractivity (Wildman–Crippen MR) is 71.7 cm³/mol. The molecule has 1 aromatic rings. The standard InChI is InChI=1S/C13H17F2N3O2/c1-16-9-2-4-10(5-3-9)17-12-7-8(14)6-11(15)13(12)18(19)20/h6-7,9-10,16-17H,2-5H2,1H3. The minimum atomic E-state index is -1.15. The van der Waals surface area contributed by atoms with Crippen LogP contribution in [-0.4, -0.2) is 24.1 Å². The van der Waals surface area contributed by atoms with Crippen LogP contribution in [0.2, 0.25) is 0 Å². The third-order valence-corrected chi connectivity index (χ3v) is 3.71. The smallest absolute Gasteiger partial charge is 0.327 e. The average molecular weight is 285 g/mol. The lowest BCUT2D eigenvalue weighted by Crippen LogP contribution is -2.35. The van der Waals surface area contributed by atoms with Gasteiger partial charge in [0.15, 0.2) is 0 Å². The van der Waals surface area contributed by atoms with Gasteiger partial charge in [-0.15, -0.1) is 0 Å². The molecule has 0 bridgehead atoms. The van der Waals surface area contributed by atoms with Crippen molar-refractivity contribution in [1.82, 2.24) is 5.32 Å². The molecule has 2 N–H and O–H groups in total. The number of hydrogen-bond donors (Lipinski definition) is 2. The van der Waals surface area contributed by atoms with E-state index in [4.69, 9.17) is 0 Å². The zero-order chi connectivity index (χ0) is 14.7. The summed E-state index contributed by atoms with van der Waals surface area (Å²) in [4.78, 5) is 10.1. The Kier molecular flexibility index (Phi) is 4.49. The molecule has 1 aromatic carbocycles. The Balaban J connectivity index is 2.15. The topological polar surface area (TPSA) is 67.2 Å². The number of benzene rings is 1. The van der Waals surface area contributed by atoms with Crippen molar-refractivity contribution in [3.8, 4) is 0 Å². The molecule has 20 heavy (non-hydrogen) atoms. The van der Waals surface area contributed by atoms with Gasteiger partial charge in [-0.3, -0.25) is 10.1 Å². The van der Waals surface area contributed by atoms with E-state index in [2.05, 4.69) is 10.6 Å². The number of nitrogens with one attached hydrogen (secondary N) is 2. The van der Waals surface area contributed by atoms with Crippen LogP contribution < -0.4 is 10.6 Å². The molecule has 0 saturated heterocycles. The van der Waals surface area contributed by atoms with E-state index in [1.54, 1.807) is 0 Å². The SMILES string of the molecule is CNC1CCC(Nc2cc(F)cc(F)c2[N+](=O)[O-])CC1. The first-order valence-corrected chi connectivity index (χ1v) is 6.58. The number of rotatable bonds is 4. The Morgan fingerprint density at radius 3 is 2.35 bits per heavy atom. The van der Waals surface area contributed by atoms with Gasteiger partial charge in [0.05, 0.1) is 4.92 Å². The molecule has 1 saturated carbocycles. The molecule has 1 fully saturated rings. The highest BCUT2D eigenvalue weighted by Gasteiger charge is 2.26. The van der Waals surface area contributed by atoms with E-state index in [1.807, 2.05) is 7.05 Å². The summed E-state index contributed by atoms with van der Waals surface area (Å²) >= 11 is 0. The third-order valence-electron chi connectivity index (χ3n) is 3.71. The maximum absolute atomic E-state index is 13.5. The first kappa shape index (κ1) is 14.6. The molecule has 2 rings (SSSR count). The van der Waals surface area contributed by atoms with Crippen molar-refractivity contribution in [2.45, 2.75) is 37.8 Å². The van der Waals surface area contributed by atoms with Gasteiger partial charge < -0.3 is 10.6 Å². The summed E-state index contributed by atoms with van der Waals surface area (Å²) < 4.78 is 26.7. The molecule has 110 valence electrons. The molecule has 1 aliphatic carbocycles. The van der Waals surface area contributed by atoms with Gasteiger partial charge in [0, 0.05) is 24.2 Å². The number of anilines is 1. The van der Waals surface area contributed by atoms with Gasteiger partial charge in [-0.25, -0.2) is 4.39 Å². The Bertz CT molecular complexity index is 503. The molecule has 0 radical (unpaired) electrons. The number of halogens is 2. The van der Waals surface area contributed by atoms with E-state index in [-0.39, 0.29) is 11.7 Å². The van der Waals surface area contributed by atoms with Gasteiger partial charge >= 0.3 is 5.69 Å². The molecule has 0 aliphatic heterocycles. The van der Waals surface area contributed by atoms with Crippen molar-refractivity contribution in [2.24, 2.45) is 0 Å². The minimum Gasteiger partial charge on any atom is -0.377 e. The van der Waals surface area contributed by atoms with Crippen molar-refractivity contribution < 1.29 is 13.7 Å². The third kappa shape index (κ3) is 3.22. The van der Waals surface area contributed by atoms with Crippen LogP contribution in [0, 0.1) is 21.7 Å². The van der Waals surface area contributed by atoms with Crippen molar-refractivity contribution >= 4 is 11.4 Å². The van der Waals surface area contributed by atoms with Crippen LogP contribution in [0.25, 0.3) is 0 Å². The van der Waals surface area contributed by atoms with Crippen LogP contribution in [0.5, 0.6) is 0 Å². The van der Waals surface area contributed by atoms with Gasteiger partial charge in [-0.1, -0.05) is 0 Å². The van der Waals surface area contributed by atoms with Crippen molar-refractivity contribution in [1.29, 1.82) is 0 Å². The molecular weight excluding hydrogens is 268 g/mol. The van der Waals surface area contributed by atoms with E-state index >= 15 is 0 Å². The predicted octanol–water partition coefficient (Wildman–Crippen LogP) is 2.82. The largest absolute Gasteiger partial charge is 0.377 e. The molecule has 0 amide bonds. The maximum Gasteiger partial charge on any atom is 0.327 e. The molecule has 0 heterocycles. The van der Waals surface area contributed by atoms with E-state index in [1.165, 1.54) is 0 Å². The number of hydrogen-bond acceptors (Lipinski definition) is 4. The molecule has 0 unspecified atom stereocenters. The fraction of sp³-hybridized carbons (Fsp3) is 0.538. The Morgan fingerprint density at radius 1 is 1.20 bits per heavy atom. The van der Waals surface area contributed by atoms with Gasteiger partial charge in [0.1, 0.15) is 11.5 Å². The Morgan fingerprint density at radius 2 is 1.80 bits per heavy atom. The number of nitrogens with zero attached hydrogens (tertiary/aromatic N) is 1. The molecule has 5 nitrogen and oxygen atoms in total. The van der Waals surface area contributed by atoms with Crippen LogP contribution in [0.15, 0.2) is 12.1 Å². The Labute approximate surface area is 115 Å². The lowest BCUT2D eigenvalue weighted by Gasteiger charge is -2.29. The maximum atomic E-state index is 13.5. The van der Waals surface area contributed by atoms with Crippen molar-refractivity contribution in [3.05, 3.63) is 33.9 Å². The van der Waals surface area contributed by atoms with Gasteiger partial charge in [0.2, 0.25) is 5.82 Å². The highest BCUT2D eigenvalue weighted by atomic mass is 19.1. The quantitative estimate of drug-likeness (QED) is 0.659. The van der Waals surface area contributed by atoms with Crippen molar-refractivity contribution in [2.75, 3.05) is 12.4 Å². The summed E-state index contributed by atoms with van der Waals surface area (Å²) in [7, 11) is 1.89. The minimum absolute atomic E-state index is 0.000463. The summed E-state index contributed by atoms with van der Waals surface area (Å²) in [5, 5.41) is 17.0. The molecule has 1 aliphatic rings.